The Bertz CT molecular complexity index is 770. The van der Waals surface area contributed by atoms with Crippen LogP contribution in [0.15, 0.2) is 42.6 Å². The lowest BCUT2D eigenvalue weighted by Gasteiger charge is -2.03. The van der Waals surface area contributed by atoms with Crippen LogP contribution in [0.25, 0.3) is 10.2 Å². The van der Waals surface area contributed by atoms with Gasteiger partial charge in [-0.15, -0.1) is 11.3 Å². The molecule has 112 valence electrons. The van der Waals surface area contributed by atoms with Gasteiger partial charge in [-0.05, 0) is 30.7 Å². The fourth-order valence-electron chi connectivity index (χ4n) is 2.09. The fraction of sp³-hybridized carbons (Fsp3) is 0.188. The van der Waals surface area contributed by atoms with E-state index in [9.17, 15) is 4.79 Å². The molecular formula is C16H14ClN3OS. The van der Waals surface area contributed by atoms with Crippen molar-refractivity contribution < 1.29 is 4.79 Å². The molecule has 1 N–H and O–H groups in total. The maximum atomic E-state index is 11.9. The third-order valence-corrected chi connectivity index (χ3v) is 4.48. The Labute approximate surface area is 137 Å². The second-order valence-electron chi connectivity index (χ2n) is 4.79. The van der Waals surface area contributed by atoms with Gasteiger partial charge in [0.1, 0.15) is 5.69 Å². The lowest BCUT2D eigenvalue weighted by Crippen LogP contribution is -2.25. The van der Waals surface area contributed by atoms with Gasteiger partial charge in [-0.25, -0.2) is 4.98 Å². The van der Waals surface area contributed by atoms with Crippen molar-refractivity contribution in [2.75, 3.05) is 6.54 Å². The summed E-state index contributed by atoms with van der Waals surface area (Å²) in [5.41, 5.74) is 1.38. The van der Waals surface area contributed by atoms with E-state index in [4.69, 9.17) is 11.6 Å². The molecule has 0 aliphatic heterocycles. The second-order valence-corrected chi connectivity index (χ2v) is 6.35. The van der Waals surface area contributed by atoms with Gasteiger partial charge < -0.3 is 5.32 Å². The average molecular weight is 332 g/mol. The first-order valence-electron chi connectivity index (χ1n) is 6.96. The first-order valence-corrected chi connectivity index (χ1v) is 8.16. The number of aromatic nitrogens is 2. The molecule has 4 nitrogen and oxygen atoms in total. The molecule has 0 spiro atoms. The number of carbonyl (C=O) groups is 1. The summed E-state index contributed by atoms with van der Waals surface area (Å²) in [6, 6.07) is 11.3. The van der Waals surface area contributed by atoms with E-state index in [-0.39, 0.29) is 5.91 Å². The van der Waals surface area contributed by atoms with Crippen LogP contribution in [0.4, 0.5) is 0 Å². The van der Waals surface area contributed by atoms with E-state index >= 15 is 0 Å². The standard InChI is InChI=1S/C16H14ClN3OS/c17-11-7-9-18-13(10-11)16(21)19-8-3-6-15-20-12-4-1-2-5-14(12)22-15/h1-2,4-5,7,9-10H,3,6,8H2,(H,19,21). The van der Waals surface area contributed by atoms with E-state index in [1.807, 2.05) is 18.2 Å². The molecule has 1 aromatic carbocycles. The summed E-state index contributed by atoms with van der Waals surface area (Å²) in [5, 5.41) is 4.45. The number of para-hydroxylation sites is 1. The van der Waals surface area contributed by atoms with Crippen molar-refractivity contribution in [2.24, 2.45) is 0 Å². The molecule has 6 heteroatoms. The Balaban J connectivity index is 1.50. The number of aryl methyl sites for hydroxylation is 1. The van der Waals surface area contributed by atoms with Crippen LogP contribution in [-0.2, 0) is 6.42 Å². The molecule has 0 saturated heterocycles. The summed E-state index contributed by atoms with van der Waals surface area (Å²) in [7, 11) is 0. The molecule has 0 aliphatic rings. The predicted octanol–water partition coefficient (Wildman–Crippen LogP) is 3.71. The zero-order valence-corrected chi connectivity index (χ0v) is 13.3. The summed E-state index contributed by atoms with van der Waals surface area (Å²) in [6.07, 6.45) is 3.22. The predicted molar refractivity (Wildman–Crippen MR) is 89.5 cm³/mol. The summed E-state index contributed by atoms with van der Waals surface area (Å²) >= 11 is 7.54. The highest BCUT2D eigenvalue weighted by atomic mass is 35.5. The minimum atomic E-state index is -0.202. The molecule has 0 saturated carbocycles. The van der Waals surface area contributed by atoms with Crippen molar-refractivity contribution in [1.82, 2.24) is 15.3 Å². The molecule has 0 atom stereocenters. The number of rotatable bonds is 5. The Morgan fingerprint density at radius 1 is 1.27 bits per heavy atom. The molecule has 0 fully saturated rings. The maximum absolute atomic E-state index is 11.9. The van der Waals surface area contributed by atoms with Crippen molar-refractivity contribution >= 4 is 39.1 Å². The minimum absolute atomic E-state index is 0.202. The van der Waals surface area contributed by atoms with Crippen LogP contribution in [-0.4, -0.2) is 22.4 Å². The van der Waals surface area contributed by atoms with Gasteiger partial charge in [0.15, 0.2) is 0 Å². The zero-order chi connectivity index (χ0) is 15.4. The highest BCUT2D eigenvalue weighted by Crippen LogP contribution is 2.22. The highest BCUT2D eigenvalue weighted by molar-refractivity contribution is 7.18. The van der Waals surface area contributed by atoms with Crippen molar-refractivity contribution in [3.63, 3.8) is 0 Å². The van der Waals surface area contributed by atoms with Crippen molar-refractivity contribution in [3.05, 3.63) is 58.3 Å². The molecule has 2 heterocycles. The van der Waals surface area contributed by atoms with Crippen molar-refractivity contribution in [1.29, 1.82) is 0 Å². The van der Waals surface area contributed by atoms with Gasteiger partial charge >= 0.3 is 0 Å². The van der Waals surface area contributed by atoms with Gasteiger partial charge in [-0.2, -0.15) is 0 Å². The molecule has 3 aromatic rings. The molecule has 2 aromatic heterocycles. The van der Waals surface area contributed by atoms with Crippen LogP contribution in [0.5, 0.6) is 0 Å². The van der Waals surface area contributed by atoms with Crippen LogP contribution < -0.4 is 5.32 Å². The van der Waals surface area contributed by atoms with Gasteiger partial charge in [-0.3, -0.25) is 9.78 Å². The average Bonchev–Trinajstić information content (AvgIpc) is 2.94. The van der Waals surface area contributed by atoms with Gasteiger partial charge in [0, 0.05) is 24.2 Å². The van der Waals surface area contributed by atoms with E-state index in [0.717, 1.165) is 23.4 Å². The van der Waals surface area contributed by atoms with Gasteiger partial charge in [0.2, 0.25) is 0 Å². The summed E-state index contributed by atoms with van der Waals surface area (Å²) in [4.78, 5) is 20.5. The van der Waals surface area contributed by atoms with Crippen molar-refractivity contribution in [2.45, 2.75) is 12.8 Å². The van der Waals surface area contributed by atoms with Crippen LogP contribution >= 0.6 is 22.9 Å². The molecule has 22 heavy (non-hydrogen) atoms. The number of nitrogens with one attached hydrogen (secondary N) is 1. The third-order valence-electron chi connectivity index (χ3n) is 3.15. The highest BCUT2D eigenvalue weighted by Gasteiger charge is 2.07. The van der Waals surface area contributed by atoms with Crippen LogP contribution in [0, 0.1) is 0 Å². The number of halogens is 1. The van der Waals surface area contributed by atoms with Crippen LogP contribution in [0.3, 0.4) is 0 Å². The number of hydrogen-bond acceptors (Lipinski definition) is 4. The topological polar surface area (TPSA) is 54.9 Å². The van der Waals surface area contributed by atoms with Gasteiger partial charge in [-0.1, -0.05) is 23.7 Å². The molecular weight excluding hydrogens is 318 g/mol. The fourth-order valence-corrected chi connectivity index (χ4v) is 3.26. The quantitative estimate of drug-likeness (QED) is 0.725. The van der Waals surface area contributed by atoms with E-state index in [0.29, 0.717) is 17.3 Å². The first-order chi connectivity index (χ1) is 10.7. The smallest absolute Gasteiger partial charge is 0.269 e. The number of nitrogens with zero attached hydrogens (tertiary/aromatic N) is 2. The Hall–Kier alpha value is -1.98. The number of thiazole rings is 1. The summed E-state index contributed by atoms with van der Waals surface area (Å²) in [5.74, 6) is -0.202. The lowest BCUT2D eigenvalue weighted by molar-refractivity contribution is 0.0948. The van der Waals surface area contributed by atoms with Crippen molar-refractivity contribution in [3.8, 4) is 0 Å². The van der Waals surface area contributed by atoms with Gasteiger partial charge in [0.05, 0.1) is 15.2 Å². The van der Waals surface area contributed by atoms with E-state index < -0.39 is 0 Å². The number of hydrogen-bond donors (Lipinski definition) is 1. The first kappa shape index (κ1) is 14.9. The van der Waals surface area contributed by atoms with E-state index in [1.165, 1.54) is 10.9 Å². The summed E-state index contributed by atoms with van der Waals surface area (Å²) < 4.78 is 1.20. The van der Waals surface area contributed by atoms with Gasteiger partial charge in [0.25, 0.3) is 5.91 Å². The Morgan fingerprint density at radius 2 is 2.14 bits per heavy atom. The number of fused-ring (bicyclic) bond motifs is 1. The molecule has 0 radical (unpaired) electrons. The number of carbonyl (C=O) groups excluding carboxylic acids is 1. The number of pyridine rings is 1. The minimum Gasteiger partial charge on any atom is -0.351 e. The normalized spacial score (nSPS) is 10.8. The second kappa shape index (κ2) is 6.85. The molecule has 0 aliphatic carbocycles. The SMILES string of the molecule is O=C(NCCCc1nc2ccccc2s1)c1cc(Cl)ccn1. The molecule has 0 bridgehead atoms. The maximum Gasteiger partial charge on any atom is 0.269 e. The molecule has 1 amide bonds. The largest absolute Gasteiger partial charge is 0.351 e. The van der Waals surface area contributed by atoms with E-state index in [2.05, 4.69) is 21.4 Å². The van der Waals surface area contributed by atoms with Crippen LogP contribution in [0.1, 0.15) is 21.9 Å². The lowest BCUT2D eigenvalue weighted by atomic mass is 10.3. The number of amides is 1. The molecule has 0 unspecified atom stereocenters. The van der Waals surface area contributed by atoms with E-state index in [1.54, 1.807) is 23.5 Å². The van der Waals surface area contributed by atoms with Crippen LogP contribution in [0.2, 0.25) is 5.02 Å². The molecule has 3 rings (SSSR count). The summed E-state index contributed by atoms with van der Waals surface area (Å²) in [6.45, 7) is 0.586. The zero-order valence-electron chi connectivity index (χ0n) is 11.8. The third kappa shape index (κ3) is 3.61. The number of benzene rings is 1. The Morgan fingerprint density at radius 3 is 2.95 bits per heavy atom. The monoisotopic (exact) mass is 331 g/mol. The Kier molecular flexibility index (Phi) is 4.65.